The lowest BCUT2D eigenvalue weighted by molar-refractivity contribution is -0.137. The van der Waals surface area contributed by atoms with Crippen LogP contribution < -0.4 is 10.2 Å². The predicted octanol–water partition coefficient (Wildman–Crippen LogP) is 5.71. The van der Waals surface area contributed by atoms with E-state index in [1.165, 1.54) is 12.1 Å². The Morgan fingerprint density at radius 3 is 2.37 bits per heavy atom. The fourth-order valence-electron chi connectivity index (χ4n) is 6.08. The third-order valence-corrected chi connectivity index (χ3v) is 10.3. The Morgan fingerprint density at radius 1 is 1.05 bits per heavy atom. The van der Waals surface area contributed by atoms with Crippen molar-refractivity contribution < 1.29 is 30.8 Å². The number of oxazole rings is 1. The molecule has 1 aromatic heterocycles. The average Bonchev–Trinajstić information content (AvgIpc) is 3.63. The standard InChI is InChI=1S/C31H31F3N4O4S/c32-31(33,34)21-11-9-20(10-12-21)29-36-26(24-7-3-4-8-25(24)38-15-17-43(40,41)18-16-38)27(42-29)22-5-1-2-6-23(22)28(39)37-30(19-35)13-14-30/h3-4,7-12,22-23H,1-2,5-6,13-18H2,(H,37,39)/t22-,23-/m1/s1. The largest absolute Gasteiger partial charge is 0.440 e. The van der Waals surface area contributed by atoms with Gasteiger partial charge in [-0.1, -0.05) is 31.0 Å². The van der Waals surface area contributed by atoms with Crippen LogP contribution in [0.2, 0.25) is 0 Å². The van der Waals surface area contributed by atoms with Gasteiger partial charge in [0.2, 0.25) is 11.8 Å². The Labute approximate surface area is 247 Å². The molecule has 0 unspecified atom stereocenters. The summed E-state index contributed by atoms with van der Waals surface area (Å²) in [6.45, 7) is 0.617. The molecule has 1 amide bonds. The molecule has 1 saturated heterocycles. The highest BCUT2D eigenvalue weighted by molar-refractivity contribution is 7.91. The van der Waals surface area contributed by atoms with Gasteiger partial charge in [-0.25, -0.2) is 13.4 Å². The number of halogens is 3. The van der Waals surface area contributed by atoms with Crippen molar-refractivity contribution in [2.75, 3.05) is 29.5 Å². The van der Waals surface area contributed by atoms with Crippen LogP contribution in [0.1, 0.15) is 55.8 Å². The maximum absolute atomic E-state index is 13.5. The minimum absolute atomic E-state index is 0.0231. The molecule has 0 spiro atoms. The van der Waals surface area contributed by atoms with Crippen LogP contribution >= 0.6 is 0 Å². The number of aromatic nitrogens is 1. The van der Waals surface area contributed by atoms with E-state index in [1.807, 2.05) is 29.2 Å². The number of sulfone groups is 1. The first-order valence-electron chi connectivity index (χ1n) is 14.4. The third-order valence-electron chi connectivity index (χ3n) is 8.72. The molecule has 226 valence electrons. The summed E-state index contributed by atoms with van der Waals surface area (Å²) in [6.07, 6.45) is -0.358. The van der Waals surface area contributed by atoms with Crippen molar-refractivity contribution in [1.29, 1.82) is 5.26 Å². The summed E-state index contributed by atoms with van der Waals surface area (Å²) in [4.78, 5) is 20.3. The predicted molar refractivity (Wildman–Crippen MR) is 154 cm³/mol. The minimum atomic E-state index is -4.49. The normalized spacial score (nSPS) is 22.9. The lowest BCUT2D eigenvalue weighted by atomic mass is 9.76. The van der Waals surface area contributed by atoms with Crippen molar-refractivity contribution in [1.82, 2.24) is 10.3 Å². The van der Waals surface area contributed by atoms with Gasteiger partial charge < -0.3 is 14.6 Å². The Kier molecular flexibility index (Phi) is 7.49. The number of hydrogen-bond acceptors (Lipinski definition) is 7. The number of nitriles is 1. The van der Waals surface area contributed by atoms with Crippen LogP contribution in [-0.4, -0.2) is 49.4 Å². The van der Waals surface area contributed by atoms with Crippen molar-refractivity contribution >= 4 is 21.4 Å². The highest BCUT2D eigenvalue weighted by Gasteiger charge is 2.47. The zero-order chi connectivity index (χ0) is 30.4. The SMILES string of the molecule is N#CC1(NC(=O)[C@@H]2CCCC[C@H]2c2oc(-c3ccc(C(F)(F)F)cc3)nc2-c2ccccc2N2CCS(=O)(=O)CC2)CC1. The Morgan fingerprint density at radius 2 is 1.72 bits per heavy atom. The summed E-state index contributed by atoms with van der Waals surface area (Å²) in [5.74, 6) is -0.409. The van der Waals surface area contributed by atoms with Crippen LogP contribution in [0.4, 0.5) is 18.9 Å². The topological polar surface area (TPSA) is 116 Å². The molecule has 2 heterocycles. The van der Waals surface area contributed by atoms with Gasteiger partial charge >= 0.3 is 6.18 Å². The highest BCUT2D eigenvalue weighted by atomic mass is 32.2. The lowest BCUT2D eigenvalue weighted by Gasteiger charge is -2.32. The molecule has 2 aliphatic carbocycles. The van der Waals surface area contributed by atoms with E-state index >= 15 is 0 Å². The number of nitrogens with one attached hydrogen (secondary N) is 1. The van der Waals surface area contributed by atoms with Gasteiger partial charge in [0.25, 0.3) is 0 Å². The first-order valence-corrected chi connectivity index (χ1v) is 16.3. The number of hydrogen-bond donors (Lipinski definition) is 1. The summed E-state index contributed by atoms with van der Waals surface area (Å²) < 4.78 is 70.4. The van der Waals surface area contributed by atoms with E-state index in [9.17, 15) is 31.6 Å². The first-order chi connectivity index (χ1) is 20.5. The second kappa shape index (κ2) is 11.0. The minimum Gasteiger partial charge on any atom is -0.440 e. The molecular formula is C31H31F3N4O4S. The maximum atomic E-state index is 13.5. The number of amides is 1. The van der Waals surface area contributed by atoms with Crippen molar-refractivity contribution in [2.45, 2.75) is 56.2 Å². The number of rotatable bonds is 6. The average molecular weight is 613 g/mol. The van der Waals surface area contributed by atoms with Crippen LogP contribution in [0.25, 0.3) is 22.7 Å². The van der Waals surface area contributed by atoms with Gasteiger partial charge in [0.1, 0.15) is 17.0 Å². The molecule has 3 aromatic rings. The van der Waals surface area contributed by atoms with E-state index in [4.69, 9.17) is 9.40 Å². The van der Waals surface area contributed by atoms with Crippen LogP contribution in [0.5, 0.6) is 0 Å². The maximum Gasteiger partial charge on any atom is 0.416 e. The number of nitrogens with zero attached hydrogens (tertiary/aromatic N) is 3. The van der Waals surface area contributed by atoms with Crippen molar-refractivity contribution in [2.24, 2.45) is 5.92 Å². The van der Waals surface area contributed by atoms with Gasteiger partial charge in [0, 0.05) is 41.7 Å². The fourth-order valence-corrected chi connectivity index (χ4v) is 7.28. The molecule has 2 atom stereocenters. The quantitative estimate of drug-likeness (QED) is 0.379. The van der Waals surface area contributed by atoms with Gasteiger partial charge in [-0.3, -0.25) is 4.79 Å². The monoisotopic (exact) mass is 612 g/mol. The Bertz CT molecular complexity index is 1660. The smallest absolute Gasteiger partial charge is 0.416 e. The molecule has 2 saturated carbocycles. The van der Waals surface area contributed by atoms with E-state index in [2.05, 4.69) is 11.4 Å². The van der Waals surface area contributed by atoms with Crippen LogP contribution in [-0.2, 0) is 20.8 Å². The molecule has 1 aliphatic heterocycles. The molecule has 6 rings (SSSR count). The van der Waals surface area contributed by atoms with Gasteiger partial charge in [0.15, 0.2) is 9.84 Å². The van der Waals surface area contributed by atoms with Gasteiger partial charge in [-0.05, 0) is 56.0 Å². The summed E-state index contributed by atoms with van der Waals surface area (Å²) in [6, 6.07) is 14.2. The van der Waals surface area contributed by atoms with E-state index in [0.29, 0.717) is 61.4 Å². The zero-order valence-electron chi connectivity index (χ0n) is 23.4. The summed E-state index contributed by atoms with van der Waals surface area (Å²) >= 11 is 0. The molecule has 0 bridgehead atoms. The van der Waals surface area contributed by atoms with Crippen molar-refractivity contribution in [3.8, 4) is 28.8 Å². The molecule has 1 N–H and O–H groups in total. The molecule has 3 fully saturated rings. The van der Waals surface area contributed by atoms with E-state index in [0.717, 1.165) is 30.7 Å². The summed E-state index contributed by atoms with van der Waals surface area (Å²) in [5.41, 5.74) is 0.688. The molecule has 43 heavy (non-hydrogen) atoms. The van der Waals surface area contributed by atoms with E-state index in [1.54, 1.807) is 0 Å². The molecule has 0 radical (unpaired) electrons. The van der Waals surface area contributed by atoms with Crippen LogP contribution in [0.3, 0.4) is 0 Å². The van der Waals surface area contributed by atoms with Crippen LogP contribution in [0, 0.1) is 17.2 Å². The van der Waals surface area contributed by atoms with E-state index in [-0.39, 0.29) is 29.2 Å². The Hall–Kier alpha value is -3.85. The zero-order valence-corrected chi connectivity index (χ0v) is 24.2. The summed E-state index contributed by atoms with van der Waals surface area (Å²) in [7, 11) is -3.12. The van der Waals surface area contributed by atoms with Crippen LogP contribution in [0.15, 0.2) is 52.9 Å². The Balaban J connectivity index is 1.43. The number of alkyl halides is 3. The number of para-hydroxylation sites is 1. The van der Waals surface area contributed by atoms with Gasteiger partial charge in [-0.15, -0.1) is 0 Å². The highest BCUT2D eigenvalue weighted by Crippen LogP contribution is 2.46. The number of anilines is 1. The fraction of sp³-hybridized carbons (Fsp3) is 0.452. The molecule has 8 nitrogen and oxygen atoms in total. The number of carbonyl (C=O) groups is 1. The molecule has 12 heteroatoms. The summed E-state index contributed by atoms with van der Waals surface area (Å²) in [5, 5.41) is 12.5. The molecule has 3 aliphatic rings. The molecular weight excluding hydrogens is 581 g/mol. The third kappa shape index (κ3) is 6.00. The lowest BCUT2D eigenvalue weighted by Crippen LogP contribution is -2.42. The van der Waals surface area contributed by atoms with Crippen molar-refractivity contribution in [3.63, 3.8) is 0 Å². The van der Waals surface area contributed by atoms with E-state index < -0.39 is 33.0 Å². The van der Waals surface area contributed by atoms with Crippen molar-refractivity contribution in [3.05, 3.63) is 59.9 Å². The second-order valence-corrected chi connectivity index (χ2v) is 13.9. The first kappa shape index (κ1) is 29.2. The van der Waals surface area contributed by atoms with Gasteiger partial charge in [0.05, 0.1) is 23.1 Å². The number of carbonyl (C=O) groups excluding carboxylic acids is 1. The number of benzene rings is 2. The second-order valence-electron chi connectivity index (χ2n) is 11.6. The molecule has 2 aromatic carbocycles. The van der Waals surface area contributed by atoms with Gasteiger partial charge in [-0.2, -0.15) is 18.4 Å².